The number of aryl methyl sites for hydroxylation is 1. The average Bonchev–Trinajstić information content (AvgIpc) is 3.32. The van der Waals surface area contributed by atoms with Gasteiger partial charge in [0.15, 0.2) is 0 Å². The van der Waals surface area contributed by atoms with E-state index in [1.54, 1.807) is 30.5 Å². The van der Waals surface area contributed by atoms with Crippen molar-refractivity contribution >= 4 is 41.2 Å². The van der Waals surface area contributed by atoms with E-state index in [0.717, 1.165) is 16.2 Å². The molecule has 1 aliphatic rings. The SMILES string of the molecule is Cc1ccc(-n2cccc2/C=C2/NC(=O)N(CC(=O)Nc3ccccc3F)C2=O)cc1Cl. The quantitative estimate of drug-likeness (QED) is 0.451. The molecule has 2 aromatic carbocycles. The number of nitrogens with zero attached hydrogens (tertiary/aromatic N) is 2. The van der Waals surface area contributed by atoms with Crippen LogP contribution >= 0.6 is 11.6 Å². The van der Waals surface area contributed by atoms with E-state index in [0.29, 0.717) is 10.7 Å². The summed E-state index contributed by atoms with van der Waals surface area (Å²) in [5.41, 5.74) is 2.34. The number of urea groups is 1. The number of halogens is 2. The molecule has 0 bridgehead atoms. The Balaban J connectivity index is 1.52. The van der Waals surface area contributed by atoms with E-state index < -0.39 is 30.2 Å². The van der Waals surface area contributed by atoms with Gasteiger partial charge in [-0.2, -0.15) is 0 Å². The minimum Gasteiger partial charge on any atom is -0.322 e. The summed E-state index contributed by atoms with van der Waals surface area (Å²) < 4.78 is 15.5. The molecule has 2 heterocycles. The molecule has 32 heavy (non-hydrogen) atoms. The van der Waals surface area contributed by atoms with Crippen LogP contribution in [0, 0.1) is 12.7 Å². The maximum absolute atomic E-state index is 13.7. The number of carbonyl (C=O) groups is 3. The molecule has 0 unspecified atom stereocenters. The van der Waals surface area contributed by atoms with Crippen LogP contribution in [0.1, 0.15) is 11.3 Å². The zero-order chi connectivity index (χ0) is 22.8. The predicted octanol–water partition coefficient (Wildman–Crippen LogP) is 4.11. The first kappa shape index (κ1) is 21.3. The number of aromatic nitrogens is 1. The van der Waals surface area contributed by atoms with Crippen LogP contribution in [0.2, 0.25) is 5.02 Å². The lowest BCUT2D eigenvalue weighted by molar-refractivity contribution is -0.127. The topological polar surface area (TPSA) is 83.4 Å². The highest BCUT2D eigenvalue weighted by molar-refractivity contribution is 6.31. The van der Waals surface area contributed by atoms with Crippen LogP contribution in [0.25, 0.3) is 11.8 Å². The molecule has 0 spiro atoms. The molecule has 0 saturated carbocycles. The second kappa shape index (κ2) is 8.68. The highest BCUT2D eigenvalue weighted by Gasteiger charge is 2.35. The van der Waals surface area contributed by atoms with Crippen LogP contribution in [0.4, 0.5) is 14.9 Å². The lowest BCUT2D eigenvalue weighted by Crippen LogP contribution is -2.38. The van der Waals surface area contributed by atoms with Gasteiger partial charge in [-0.3, -0.25) is 9.59 Å². The second-order valence-corrected chi connectivity index (χ2v) is 7.55. The molecule has 0 aliphatic carbocycles. The molecule has 9 heteroatoms. The summed E-state index contributed by atoms with van der Waals surface area (Å²) in [5.74, 6) is -1.97. The summed E-state index contributed by atoms with van der Waals surface area (Å²) in [6.07, 6.45) is 3.32. The van der Waals surface area contributed by atoms with E-state index in [2.05, 4.69) is 10.6 Å². The van der Waals surface area contributed by atoms with Crippen molar-refractivity contribution in [1.29, 1.82) is 0 Å². The first-order valence-corrected chi connectivity index (χ1v) is 10.0. The van der Waals surface area contributed by atoms with Crippen LogP contribution in [0.5, 0.6) is 0 Å². The maximum atomic E-state index is 13.7. The van der Waals surface area contributed by atoms with Gasteiger partial charge in [0.05, 0.1) is 5.69 Å². The number of carbonyl (C=O) groups excluding carboxylic acids is 3. The third-order valence-electron chi connectivity index (χ3n) is 4.92. The van der Waals surface area contributed by atoms with Gasteiger partial charge in [-0.1, -0.05) is 29.8 Å². The van der Waals surface area contributed by atoms with Gasteiger partial charge in [0.1, 0.15) is 18.1 Å². The monoisotopic (exact) mass is 452 g/mol. The minimum atomic E-state index is -0.735. The average molecular weight is 453 g/mol. The smallest absolute Gasteiger partial charge is 0.322 e. The number of hydrogen-bond donors (Lipinski definition) is 2. The van der Waals surface area contributed by atoms with Crippen molar-refractivity contribution in [3.8, 4) is 5.69 Å². The van der Waals surface area contributed by atoms with Crippen LogP contribution in [0.3, 0.4) is 0 Å². The Morgan fingerprint density at radius 2 is 1.94 bits per heavy atom. The molecular weight excluding hydrogens is 435 g/mol. The van der Waals surface area contributed by atoms with Crippen molar-refractivity contribution in [2.45, 2.75) is 6.92 Å². The van der Waals surface area contributed by atoms with Crippen LogP contribution in [-0.4, -0.2) is 33.9 Å². The highest BCUT2D eigenvalue weighted by atomic mass is 35.5. The number of nitrogens with one attached hydrogen (secondary N) is 2. The highest BCUT2D eigenvalue weighted by Crippen LogP contribution is 2.23. The summed E-state index contributed by atoms with van der Waals surface area (Å²) in [6, 6.07) is 14.0. The van der Waals surface area contributed by atoms with Gasteiger partial charge < -0.3 is 15.2 Å². The normalized spacial score (nSPS) is 14.7. The van der Waals surface area contributed by atoms with Crippen molar-refractivity contribution in [2.75, 3.05) is 11.9 Å². The number of imide groups is 1. The standard InChI is InChI=1S/C23H18ClFN4O3/c1-14-8-9-16(11-17(14)24)28-10-4-5-15(28)12-20-22(31)29(23(32)27-20)13-21(30)26-19-7-3-2-6-18(19)25/h2-12H,13H2,1H3,(H,26,30)(H,27,32)/b20-12+. The fraction of sp³-hybridized carbons (Fsp3) is 0.0870. The van der Waals surface area contributed by atoms with Crippen molar-refractivity contribution in [2.24, 2.45) is 0 Å². The molecule has 0 radical (unpaired) electrons. The van der Waals surface area contributed by atoms with E-state index in [-0.39, 0.29) is 11.4 Å². The van der Waals surface area contributed by atoms with Gasteiger partial charge in [-0.15, -0.1) is 0 Å². The summed E-state index contributed by atoms with van der Waals surface area (Å²) in [7, 11) is 0. The zero-order valence-electron chi connectivity index (χ0n) is 16.9. The van der Waals surface area contributed by atoms with Crippen molar-refractivity contribution in [3.63, 3.8) is 0 Å². The summed E-state index contributed by atoms with van der Waals surface area (Å²) in [5, 5.41) is 5.44. The predicted molar refractivity (Wildman–Crippen MR) is 119 cm³/mol. The Kier molecular flexibility index (Phi) is 5.79. The van der Waals surface area contributed by atoms with E-state index in [9.17, 15) is 18.8 Å². The van der Waals surface area contributed by atoms with E-state index >= 15 is 0 Å². The Morgan fingerprint density at radius 1 is 1.16 bits per heavy atom. The lowest BCUT2D eigenvalue weighted by atomic mass is 10.2. The molecule has 2 N–H and O–H groups in total. The van der Waals surface area contributed by atoms with Crippen LogP contribution in [-0.2, 0) is 9.59 Å². The first-order valence-electron chi connectivity index (χ1n) is 9.66. The van der Waals surface area contributed by atoms with E-state index in [1.807, 2.05) is 23.6 Å². The van der Waals surface area contributed by atoms with Gasteiger partial charge in [-0.25, -0.2) is 14.1 Å². The number of para-hydroxylation sites is 1. The molecule has 4 amide bonds. The minimum absolute atomic E-state index is 0.0202. The van der Waals surface area contributed by atoms with Gasteiger partial charge >= 0.3 is 6.03 Å². The van der Waals surface area contributed by atoms with Gasteiger partial charge in [0, 0.05) is 22.6 Å². The number of rotatable bonds is 5. The van der Waals surface area contributed by atoms with E-state index in [4.69, 9.17) is 11.6 Å². The Labute approximate surface area is 188 Å². The van der Waals surface area contributed by atoms with Crippen molar-refractivity contribution in [1.82, 2.24) is 14.8 Å². The van der Waals surface area contributed by atoms with Gasteiger partial charge in [-0.05, 0) is 55.0 Å². The summed E-state index contributed by atoms with van der Waals surface area (Å²) in [6.45, 7) is 1.35. The van der Waals surface area contributed by atoms with Crippen LogP contribution < -0.4 is 10.6 Å². The fourth-order valence-electron chi connectivity index (χ4n) is 3.24. The number of amides is 4. The molecule has 0 atom stereocenters. The molecule has 1 aromatic heterocycles. The van der Waals surface area contributed by atoms with E-state index in [1.165, 1.54) is 24.3 Å². The fourth-order valence-corrected chi connectivity index (χ4v) is 3.41. The molecule has 7 nitrogen and oxygen atoms in total. The molecule has 1 saturated heterocycles. The number of anilines is 1. The Morgan fingerprint density at radius 3 is 2.69 bits per heavy atom. The maximum Gasteiger partial charge on any atom is 0.329 e. The molecule has 162 valence electrons. The number of hydrogen-bond acceptors (Lipinski definition) is 3. The molecule has 1 fully saturated rings. The first-order chi connectivity index (χ1) is 15.3. The van der Waals surface area contributed by atoms with Gasteiger partial charge in [0.25, 0.3) is 5.91 Å². The largest absolute Gasteiger partial charge is 0.329 e. The Bertz CT molecular complexity index is 1270. The van der Waals surface area contributed by atoms with Crippen molar-refractivity contribution < 1.29 is 18.8 Å². The number of benzene rings is 2. The van der Waals surface area contributed by atoms with Crippen LogP contribution in [0.15, 0.2) is 66.5 Å². The molecule has 4 rings (SSSR count). The summed E-state index contributed by atoms with van der Waals surface area (Å²) >= 11 is 6.22. The van der Waals surface area contributed by atoms with Gasteiger partial charge in [0.2, 0.25) is 5.91 Å². The Hall–Kier alpha value is -3.91. The third-order valence-corrected chi connectivity index (χ3v) is 5.33. The second-order valence-electron chi connectivity index (χ2n) is 7.14. The third kappa shape index (κ3) is 4.26. The lowest BCUT2D eigenvalue weighted by Gasteiger charge is -2.12. The molecule has 3 aromatic rings. The zero-order valence-corrected chi connectivity index (χ0v) is 17.7. The molecular formula is C23H18ClFN4O3. The van der Waals surface area contributed by atoms with Crippen molar-refractivity contribution in [3.05, 3.63) is 88.6 Å². The molecule has 1 aliphatic heterocycles. The summed E-state index contributed by atoms with van der Waals surface area (Å²) in [4.78, 5) is 38.0.